The third kappa shape index (κ3) is 3.86. The fraction of sp³-hybridized carbons (Fsp3) is 0.417. The average molecular weight is 239 g/mol. The van der Waals surface area contributed by atoms with Crippen molar-refractivity contribution in [1.29, 1.82) is 0 Å². The van der Waals surface area contributed by atoms with Gasteiger partial charge >= 0.3 is 5.97 Å². The maximum absolute atomic E-state index is 10.9. The van der Waals surface area contributed by atoms with Crippen molar-refractivity contribution in [1.82, 2.24) is 0 Å². The van der Waals surface area contributed by atoms with E-state index < -0.39 is 0 Å². The van der Waals surface area contributed by atoms with Crippen LogP contribution in [0.2, 0.25) is 0 Å². The summed E-state index contributed by atoms with van der Waals surface area (Å²) in [5, 5.41) is 3.10. The van der Waals surface area contributed by atoms with Crippen molar-refractivity contribution < 1.29 is 19.0 Å². The van der Waals surface area contributed by atoms with E-state index in [0.29, 0.717) is 18.7 Å². The Morgan fingerprint density at radius 1 is 1.24 bits per heavy atom. The lowest BCUT2D eigenvalue weighted by Crippen LogP contribution is -2.10. The van der Waals surface area contributed by atoms with Crippen LogP contribution in [0.4, 0.5) is 5.69 Å². The Labute approximate surface area is 101 Å². The normalized spacial score (nSPS) is 9.59. The molecule has 0 spiro atoms. The fourth-order valence-electron chi connectivity index (χ4n) is 1.35. The van der Waals surface area contributed by atoms with Crippen molar-refractivity contribution in [2.45, 2.75) is 6.42 Å². The van der Waals surface area contributed by atoms with Crippen LogP contribution in [0, 0.1) is 0 Å². The average Bonchev–Trinajstić information content (AvgIpc) is 2.38. The van der Waals surface area contributed by atoms with Gasteiger partial charge in [0, 0.05) is 12.6 Å². The molecule has 0 unspecified atom stereocenters. The summed E-state index contributed by atoms with van der Waals surface area (Å²) in [6.07, 6.45) is 0.311. The molecule has 0 aliphatic carbocycles. The number of hydrogen-bond acceptors (Lipinski definition) is 5. The minimum absolute atomic E-state index is 0.245. The monoisotopic (exact) mass is 239 g/mol. The molecule has 1 aromatic carbocycles. The summed E-state index contributed by atoms with van der Waals surface area (Å²) in [7, 11) is 4.55. The quantitative estimate of drug-likeness (QED) is 0.765. The molecule has 1 N–H and O–H groups in total. The molecule has 0 aliphatic rings. The smallest absolute Gasteiger partial charge is 0.307 e. The molecule has 5 nitrogen and oxygen atoms in total. The molecule has 0 fully saturated rings. The number of ether oxygens (including phenoxy) is 3. The first-order valence-electron chi connectivity index (χ1n) is 5.24. The summed E-state index contributed by atoms with van der Waals surface area (Å²) >= 11 is 0. The maximum Gasteiger partial charge on any atom is 0.307 e. The minimum Gasteiger partial charge on any atom is -0.497 e. The fourth-order valence-corrected chi connectivity index (χ4v) is 1.35. The van der Waals surface area contributed by atoms with Gasteiger partial charge in [-0.15, -0.1) is 0 Å². The Morgan fingerprint density at radius 3 is 2.59 bits per heavy atom. The van der Waals surface area contributed by atoms with Gasteiger partial charge in [-0.05, 0) is 12.1 Å². The second-order valence-electron chi connectivity index (χ2n) is 3.32. The zero-order valence-electron chi connectivity index (χ0n) is 10.3. The van der Waals surface area contributed by atoms with Crippen molar-refractivity contribution in [3.8, 4) is 11.5 Å². The lowest BCUT2D eigenvalue weighted by molar-refractivity contribution is -0.140. The molecule has 0 aromatic heterocycles. The number of benzene rings is 1. The van der Waals surface area contributed by atoms with Gasteiger partial charge in [0.25, 0.3) is 0 Å². The molecule has 5 heteroatoms. The van der Waals surface area contributed by atoms with Gasteiger partial charge in [0.1, 0.15) is 11.5 Å². The largest absolute Gasteiger partial charge is 0.497 e. The van der Waals surface area contributed by atoms with E-state index in [1.54, 1.807) is 20.3 Å². The van der Waals surface area contributed by atoms with E-state index in [-0.39, 0.29) is 5.97 Å². The van der Waals surface area contributed by atoms with Crippen LogP contribution in [0.1, 0.15) is 6.42 Å². The molecule has 94 valence electrons. The molecule has 0 amide bonds. The number of anilines is 1. The number of esters is 1. The van der Waals surface area contributed by atoms with Crippen LogP contribution in [0.5, 0.6) is 11.5 Å². The summed E-state index contributed by atoms with van der Waals surface area (Å²) in [6.45, 7) is 0.495. The number of carbonyl (C=O) groups excluding carboxylic acids is 1. The van der Waals surface area contributed by atoms with Crippen LogP contribution < -0.4 is 14.8 Å². The summed E-state index contributed by atoms with van der Waals surface area (Å²) in [5.41, 5.74) is 0.817. The predicted octanol–water partition coefficient (Wildman–Crippen LogP) is 1.68. The van der Waals surface area contributed by atoms with Crippen LogP contribution in [-0.2, 0) is 9.53 Å². The summed E-state index contributed by atoms with van der Waals surface area (Å²) in [4.78, 5) is 10.9. The van der Waals surface area contributed by atoms with E-state index in [9.17, 15) is 4.79 Å². The Hall–Kier alpha value is -1.91. The Kier molecular flexibility index (Phi) is 5.13. The highest BCUT2D eigenvalue weighted by Gasteiger charge is 2.05. The van der Waals surface area contributed by atoms with Crippen molar-refractivity contribution in [3.63, 3.8) is 0 Å². The minimum atomic E-state index is -0.245. The number of methoxy groups -OCH3 is 3. The first-order valence-corrected chi connectivity index (χ1v) is 5.24. The molecule has 17 heavy (non-hydrogen) atoms. The summed E-state index contributed by atoms with van der Waals surface area (Å²) in [5.74, 6) is 1.15. The van der Waals surface area contributed by atoms with Gasteiger partial charge in [-0.1, -0.05) is 0 Å². The first-order chi connectivity index (χ1) is 8.21. The zero-order valence-corrected chi connectivity index (χ0v) is 10.3. The van der Waals surface area contributed by atoms with Gasteiger partial charge < -0.3 is 19.5 Å². The second-order valence-corrected chi connectivity index (χ2v) is 3.32. The van der Waals surface area contributed by atoms with Crippen molar-refractivity contribution in [3.05, 3.63) is 18.2 Å². The standard InChI is InChI=1S/C12H17NO4/c1-15-9-4-5-10(11(8-9)16-2)13-7-6-12(14)17-3/h4-5,8,13H,6-7H2,1-3H3. The van der Waals surface area contributed by atoms with E-state index in [4.69, 9.17) is 9.47 Å². The molecule has 0 atom stereocenters. The van der Waals surface area contributed by atoms with E-state index in [1.807, 2.05) is 12.1 Å². The molecular formula is C12H17NO4. The Morgan fingerprint density at radius 2 is 2.00 bits per heavy atom. The van der Waals surface area contributed by atoms with Crippen molar-refractivity contribution in [2.24, 2.45) is 0 Å². The third-order valence-corrected chi connectivity index (χ3v) is 2.28. The topological polar surface area (TPSA) is 56.8 Å². The molecule has 0 heterocycles. The van der Waals surface area contributed by atoms with E-state index in [0.717, 1.165) is 11.4 Å². The zero-order chi connectivity index (χ0) is 12.7. The predicted molar refractivity (Wildman–Crippen MR) is 64.7 cm³/mol. The maximum atomic E-state index is 10.9. The summed E-state index contributed by atoms with van der Waals surface area (Å²) in [6, 6.07) is 5.44. The second kappa shape index (κ2) is 6.62. The number of carbonyl (C=O) groups is 1. The number of nitrogens with one attached hydrogen (secondary N) is 1. The van der Waals surface area contributed by atoms with Gasteiger partial charge in [0.15, 0.2) is 0 Å². The van der Waals surface area contributed by atoms with Gasteiger partial charge in [0.05, 0.1) is 33.4 Å². The van der Waals surface area contributed by atoms with E-state index in [1.165, 1.54) is 7.11 Å². The third-order valence-electron chi connectivity index (χ3n) is 2.28. The molecule has 0 aliphatic heterocycles. The molecule has 0 radical (unpaired) electrons. The van der Waals surface area contributed by atoms with Crippen molar-refractivity contribution >= 4 is 11.7 Å². The number of hydrogen-bond donors (Lipinski definition) is 1. The first kappa shape index (κ1) is 13.2. The number of rotatable bonds is 6. The van der Waals surface area contributed by atoms with Gasteiger partial charge in [-0.3, -0.25) is 4.79 Å². The molecular weight excluding hydrogens is 222 g/mol. The van der Waals surface area contributed by atoms with E-state index in [2.05, 4.69) is 10.1 Å². The highest BCUT2D eigenvalue weighted by molar-refractivity contribution is 5.70. The molecule has 0 saturated carbocycles. The SMILES string of the molecule is COC(=O)CCNc1ccc(OC)cc1OC. The molecule has 0 bridgehead atoms. The Bertz CT molecular complexity index is 379. The van der Waals surface area contributed by atoms with Crippen LogP contribution in [0.25, 0.3) is 0 Å². The van der Waals surface area contributed by atoms with Gasteiger partial charge in [-0.2, -0.15) is 0 Å². The van der Waals surface area contributed by atoms with Gasteiger partial charge in [0.2, 0.25) is 0 Å². The molecule has 0 saturated heterocycles. The van der Waals surface area contributed by atoms with E-state index >= 15 is 0 Å². The summed E-state index contributed by atoms with van der Waals surface area (Å²) < 4.78 is 14.9. The van der Waals surface area contributed by atoms with Gasteiger partial charge in [-0.25, -0.2) is 0 Å². The van der Waals surface area contributed by atoms with Crippen LogP contribution in [-0.4, -0.2) is 33.8 Å². The lowest BCUT2D eigenvalue weighted by Gasteiger charge is -2.11. The highest BCUT2D eigenvalue weighted by atomic mass is 16.5. The lowest BCUT2D eigenvalue weighted by atomic mass is 10.2. The molecule has 1 rings (SSSR count). The Balaban J connectivity index is 2.61. The molecule has 1 aromatic rings. The highest BCUT2D eigenvalue weighted by Crippen LogP contribution is 2.28. The van der Waals surface area contributed by atoms with Crippen LogP contribution in [0.15, 0.2) is 18.2 Å². The van der Waals surface area contributed by atoms with Crippen LogP contribution in [0.3, 0.4) is 0 Å². The van der Waals surface area contributed by atoms with Crippen molar-refractivity contribution in [2.75, 3.05) is 33.2 Å². The van der Waals surface area contributed by atoms with Crippen LogP contribution >= 0.6 is 0 Å².